The number of aliphatic hydroxyl groups is 1. The highest BCUT2D eigenvalue weighted by molar-refractivity contribution is 6.29. The van der Waals surface area contributed by atoms with E-state index in [9.17, 15) is 0 Å². The smallest absolute Gasteiger partial charge is 0.0940 e. The molecule has 0 bridgehead atoms. The normalized spacial score (nSPS) is 27.6. The third kappa shape index (κ3) is 3.58. The van der Waals surface area contributed by atoms with E-state index >= 15 is 0 Å². The predicted octanol–water partition coefficient (Wildman–Crippen LogP) is 1.21. The Morgan fingerprint density at radius 3 is 2.86 bits per heavy atom. The van der Waals surface area contributed by atoms with Gasteiger partial charge < -0.3 is 9.84 Å². The van der Waals surface area contributed by atoms with Gasteiger partial charge in [-0.3, -0.25) is 4.90 Å². The average Bonchev–Trinajstić information content (AvgIpc) is 1.99. The Morgan fingerprint density at radius 2 is 2.36 bits per heavy atom. The van der Waals surface area contributed by atoms with Gasteiger partial charge in [0, 0.05) is 24.7 Å². The molecule has 0 radical (unpaired) electrons. The zero-order valence-corrected chi connectivity index (χ0v) is 9.55. The SMILES string of the molecule is C=C(Cl)CN1CC(CO)OC(C)(C)C1. The van der Waals surface area contributed by atoms with Gasteiger partial charge in [-0.2, -0.15) is 0 Å². The first kappa shape index (κ1) is 12.0. The molecule has 1 fully saturated rings. The van der Waals surface area contributed by atoms with Gasteiger partial charge in [0.15, 0.2) is 0 Å². The second-order valence-corrected chi connectivity index (χ2v) is 4.90. The van der Waals surface area contributed by atoms with E-state index < -0.39 is 0 Å². The number of aliphatic hydroxyl groups excluding tert-OH is 1. The molecule has 0 spiro atoms. The van der Waals surface area contributed by atoms with Gasteiger partial charge in [-0.15, -0.1) is 0 Å². The minimum atomic E-state index is -0.224. The fraction of sp³-hybridized carbons (Fsp3) is 0.800. The van der Waals surface area contributed by atoms with Crippen LogP contribution in [0.2, 0.25) is 0 Å². The van der Waals surface area contributed by atoms with E-state index in [0.717, 1.165) is 6.54 Å². The lowest BCUT2D eigenvalue weighted by molar-refractivity contribution is -0.146. The van der Waals surface area contributed by atoms with Crippen LogP contribution in [0.3, 0.4) is 0 Å². The first-order valence-corrected chi connectivity index (χ1v) is 5.15. The number of hydrogen-bond donors (Lipinski definition) is 1. The molecule has 1 aliphatic rings. The molecule has 1 unspecified atom stereocenters. The van der Waals surface area contributed by atoms with Crippen molar-refractivity contribution < 1.29 is 9.84 Å². The van der Waals surface area contributed by atoms with E-state index in [4.69, 9.17) is 21.4 Å². The van der Waals surface area contributed by atoms with Gasteiger partial charge in [-0.25, -0.2) is 0 Å². The lowest BCUT2D eigenvalue weighted by atomic mass is 10.1. The molecule has 14 heavy (non-hydrogen) atoms. The highest BCUT2D eigenvalue weighted by Gasteiger charge is 2.32. The molecule has 1 N–H and O–H groups in total. The number of hydrogen-bond acceptors (Lipinski definition) is 3. The summed E-state index contributed by atoms with van der Waals surface area (Å²) in [7, 11) is 0. The standard InChI is InChI=1S/C10H18ClNO2/c1-8(11)4-12-5-9(6-13)14-10(2,3)7-12/h9,13H,1,4-7H2,2-3H3. The Balaban J connectivity index is 2.56. The second-order valence-electron chi connectivity index (χ2n) is 4.37. The number of rotatable bonds is 3. The molecule has 0 amide bonds. The molecule has 4 heteroatoms. The maximum absolute atomic E-state index is 9.07. The minimum Gasteiger partial charge on any atom is -0.394 e. The van der Waals surface area contributed by atoms with Gasteiger partial charge in [0.25, 0.3) is 0 Å². The third-order valence-corrected chi connectivity index (χ3v) is 2.27. The first-order chi connectivity index (χ1) is 6.43. The van der Waals surface area contributed by atoms with Crippen molar-refractivity contribution in [1.29, 1.82) is 0 Å². The molecule has 0 aromatic rings. The lowest BCUT2D eigenvalue weighted by Crippen LogP contribution is -2.53. The summed E-state index contributed by atoms with van der Waals surface area (Å²) >= 11 is 5.76. The van der Waals surface area contributed by atoms with Crippen molar-refractivity contribution in [3.8, 4) is 0 Å². The molecule has 1 aliphatic heterocycles. The van der Waals surface area contributed by atoms with Crippen molar-refractivity contribution in [2.45, 2.75) is 25.6 Å². The van der Waals surface area contributed by atoms with Crippen LogP contribution < -0.4 is 0 Å². The molecule has 0 saturated carbocycles. The third-order valence-electron chi connectivity index (χ3n) is 2.15. The maximum atomic E-state index is 9.07. The highest BCUT2D eigenvalue weighted by atomic mass is 35.5. The fourth-order valence-electron chi connectivity index (χ4n) is 1.87. The van der Waals surface area contributed by atoms with E-state index in [2.05, 4.69) is 11.5 Å². The summed E-state index contributed by atoms with van der Waals surface area (Å²) in [6.45, 7) is 9.93. The Kier molecular flexibility index (Phi) is 3.95. The Hall–Kier alpha value is -0.0900. The van der Waals surface area contributed by atoms with Crippen LogP contribution in [0.5, 0.6) is 0 Å². The van der Waals surface area contributed by atoms with Crippen molar-refractivity contribution in [3.05, 3.63) is 11.6 Å². The van der Waals surface area contributed by atoms with Crippen LogP contribution in [-0.4, -0.2) is 48.0 Å². The molecule has 82 valence electrons. The van der Waals surface area contributed by atoms with Gasteiger partial charge in [-0.1, -0.05) is 18.2 Å². The quantitative estimate of drug-likeness (QED) is 0.775. The molecule has 0 aromatic heterocycles. The van der Waals surface area contributed by atoms with Gasteiger partial charge in [0.2, 0.25) is 0 Å². The van der Waals surface area contributed by atoms with Crippen molar-refractivity contribution in [2.24, 2.45) is 0 Å². The first-order valence-electron chi connectivity index (χ1n) is 4.77. The molecule has 3 nitrogen and oxygen atoms in total. The van der Waals surface area contributed by atoms with E-state index in [1.54, 1.807) is 0 Å². The van der Waals surface area contributed by atoms with Crippen LogP contribution in [0, 0.1) is 0 Å². The van der Waals surface area contributed by atoms with Crippen molar-refractivity contribution in [3.63, 3.8) is 0 Å². The summed E-state index contributed by atoms with van der Waals surface area (Å²) < 4.78 is 5.67. The van der Waals surface area contributed by atoms with Crippen LogP contribution >= 0.6 is 11.6 Å². The fourth-order valence-corrected chi connectivity index (χ4v) is 2.04. The zero-order chi connectivity index (χ0) is 10.8. The van der Waals surface area contributed by atoms with Gasteiger partial charge in [0.1, 0.15) is 0 Å². The molecular weight excluding hydrogens is 202 g/mol. The van der Waals surface area contributed by atoms with Crippen molar-refractivity contribution in [1.82, 2.24) is 4.90 Å². The van der Waals surface area contributed by atoms with E-state index in [1.807, 2.05) is 13.8 Å². The Morgan fingerprint density at radius 1 is 1.71 bits per heavy atom. The van der Waals surface area contributed by atoms with Crippen LogP contribution in [0.4, 0.5) is 0 Å². The number of halogens is 1. The average molecular weight is 220 g/mol. The van der Waals surface area contributed by atoms with Gasteiger partial charge in [-0.05, 0) is 13.8 Å². The van der Waals surface area contributed by atoms with E-state index in [0.29, 0.717) is 18.1 Å². The zero-order valence-electron chi connectivity index (χ0n) is 8.79. The maximum Gasteiger partial charge on any atom is 0.0940 e. The summed E-state index contributed by atoms with van der Waals surface area (Å²) in [5.41, 5.74) is -0.224. The van der Waals surface area contributed by atoms with Crippen LogP contribution in [0.15, 0.2) is 11.6 Å². The Bertz CT molecular complexity index is 218. The molecule has 0 aromatic carbocycles. The predicted molar refractivity (Wildman–Crippen MR) is 57.5 cm³/mol. The van der Waals surface area contributed by atoms with E-state index in [-0.39, 0.29) is 18.3 Å². The Labute approximate surface area is 90.3 Å². The van der Waals surface area contributed by atoms with Crippen molar-refractivity contribution in [2.75, 3.05) is 26.2 Å². The molecule has 0 aliphatic carbocycles. The van der Waals surface area contributed by atoms with Crippen LogP contribution in [-0.2, 0) is 4.74 Å². The molecule has 1 atom stereocenters. The molecule has 1 heterocycles. The number of morpholine rings is 1. The van der Waals surface area contributed by atoms with Crippen LogP contribution in [0.25, 0.3) is 0 Å². The summed E-state index contributed by atoms with van der Waals surface area (Å²) in [5.74, 6) is 0. The molecule has 1 rings (SSSR count). The molecule has 1 saturated heterocycles. The van der Waals surface area contributed by atoms with Gasteiger partial charge in [0.05, 0.1) is 18.3 Å². The minimum absolute atomic E-state index is 0.0503. The number of nitrogens with zero attached hydrogens (tertiary/aromatic N) is 1. The largest absolute Gasteiger partial charge is 0.394 e. The second kappa shape index (κ2) is 4.62. The summed E-state index contributed by atoms with van der Waals surface area (Å²) in [4.78, 5) is 2.15. The van der Waals surface area contributed by atoms with E-state index in [1.165, 1.54) is 0 Å². The lowest BCUT2D eigenvalue weighted by Gasteiger charge is -2.42. The summed E-state index contributed by atoms with van der Waals surface area (Å²) in [5, 5.41) is 9.69. The summed E-state index contributed by atoms with van der Waals surface area (Å²) in [6.07, 6.45) is -0.116. The van der Waals surface area contributed by atoms with Crippen LogP contribution in [0.1, 0.15) is 13.8 Å². The highest BCUT2D eigenvalue weighted by Crippen LogP contribution is 2.21. The summed E-state index contributed by atoms with van der Waals surface area (Å²) in [6, 6.07) is 0. The monoisotopic (exact) mass is 219 g/mol. The topological polar surface area (TPSA) is 32.7 Å². The molecular formula is C10H18ClNO2. The van der Waals surface area contributed by atoms with Crippen molar-refractivity contribution >= 4 is 11.6 Å². The van der Waals surface area contributed by atoms with Gasteiger partial charge >= 0.3 is 0 Å². The number of ether oxygens (including phenoxy) is 1.